The number of fused-ring (bicyclic) bond motifs is 1. The van der Waals surface area contributed by atoms with E-state index in [0.717, 1.165) is 14.5 Å². The van der Waals surface area contributed by atoms with Gasteiger partial charge in [0.15, 0.2) is 6.61 Å². The molecule has 3 rings (SSSR count). The fourth-order valence-electron chi connectivity index (χ4n) is 2.81. The summed E-state index contributed by atoms with van der Waals surface area (Å²) >= 11 is 0. The van der Waals surface area contributed by atoms with Crippen molar-refractivity contribution in [1.29, 1.82) is 0 Å². The molecular weight excluding hydrogens is 350 g/mol. The normalized spacial score (nSPS) is 10.7. The van der Waals surface area contributed by atoms with Gasteiger partial charge in [0.25, 0.3) is 5.56 Å². The Bertz CT molecular complexity index is 1180. The maximum atomic E-state index is 12.4. The molecule has 1 heterocycles. The van der Waals surface area contributed by atoms with E-state index in [4.69, 9.17) is 10.5 Å². The molecule has 1 aromatic heterocycles. The molecule has 2 aromatic carbocycles. The minimum absolute atomic E-state index is 0.269. The molecule has 0 fully saturated rings. The summed E-state index contributed by atoms with van der Waals surface area (Å²) in [5.41, 5.74) is 4.18. The third-order valence-corrected chi connectivity index (χ3v) is 4.33. The van der Waals surface area contributed by atoms with E-state index in [0.29, 0.717) is 10.9 Å². The van der Waals surface area contributed by atoms with Crippen molar-refractivity contribution in [2.24, 2.45) is 14.1 Å². The molecule has 0 unspecified atom stereocenters. The van der Waals surface area contributed by atoms with Gasteiger partial charge in [-0.2, -0.15) is 0 Å². The minimum Gasteiger partial charge on any atom is -0.454 e. The van der Waals surface area contributed by atoms with Gasteiger partial charge in [-0.25, -0.2) is 9.59 Å². The van der Waals surface area contributed by atoms with Crippen LogP contribution in [0.3, 0.4) is 0 Å². The second-order valence-electron chi connectivity index (χ2n) is 5.99. The molecule has 0 aliphatic rings. The first-order chi connectivity index (χ1) is 12.8. The van der Waals surface area contributed by atoms with Gasteiger partial charge >= 0.3 is 11.7 Å². The summed E-state index contributed by atoms with van der Waals surface area (Å²) in [6.45, 7) is -0.667. The summed E-state index contributed by atoms with van der Waals surface area (Å²) in [5, 5.41) is 1.55. The van der Waals surface area contributed by atoms with Gasteiger partial charge in [-0.05, 0) is 16.8 Å². The Labute approximate surface area is 153 Å². The van der Waals surface area contributed by atoms with E-state index in [9.17, 15) is 19.2 Å². The Kier molecular flexibility index (Phi) is 4.64. The molecule has 8 nitrogen and oxygen atoms in total. The SMILES string of the molecule is Cn1c(N)c(C(=O)COC(=O)c2cccc3ccccc23)c(=O)n(C)c1=O. The lowest BCUT2D eigenvalue weighted by Gasteiger charge is -2.11. The van der Waals surface area contributed by atoms with Gasteiger partial charge in [-0.15, -0.1) is 0 Å². The topological polar surface area (TPSA) is 113 Å². The van der Waals surface area contributed by atoms with Crippen molar-refractivity contribution in [2.45, 2.75) is 0 Å². The van der Waals surface area contributed by atoms with Gasteiger partial charge in [0.05, 0.1) is 5.56 Å². The molecular formula is C19H17N3O5. The smallest absolute Gasteiger partial charge is 0.339 e. The molecule has 0 saturated carbocycles. The number of carbonyl (C=O) groups is 2. The first-order valence-corrected chi connectivity index (χ1v) is 8.06. The van der Waals surface area contributed by atoms with Crippen molar-refractivity contribution in [2.75, 3.05) is 12.3 Å². The first-order valence-electron chi connectivity index (χ1n) is 8.06. The van der Waals surface area contributed by atoms with Crippen molar-refractivity contribution in [3.63, 3.8) is 0 Å². The summed E-state index contributed by atoms with van der Waals surface area (Å²) in [6, 6.07) is 12.4. The quantitative estimate of drug-likeness (QED) is 0.540. The van der Waals surface area contributed by atoms with Gasteiger partial charge in [0.2, 0.25) is 5.78 Å². The van der Waals surface area contributed by atoms with E-state index >= 15 is 0 Å². The van der Waals surface area contributed by atoms with Crippen molar-refractivity contribution < 1.29 is 14.3 Å². The maximum absolute atomic E-state index is 12.4. The number of nitrogens with zero attached hydrogens (tertiary/aromatic N) is 2. The predicted octanol–water partition coefficient (Wildman–Crippen LogP) is 0.859. The molecule has 3 aromatic rings. The van der Waals surface area contributed by atoms with Crippen LogP contribution in [0.5, 0.6) is 0 Å². The number of esters is 1. The van der Waals surface area contributed by atoms with Crippen LogP contribution in [0.15, 0.2) is 52.1 Å². The van der Waals surface area contributed by atoms with Crippen molar-refractivity contribution in [1.82, 2.24) is 9.13 Å². The van der Waals surface area contributed by atoms with E-state index in [2.05, 4.69) is 0 Å². The van der Waals surface area contributed by atoms with Gasteiger partial charge in [0.1, 0.15) is 11.4 Å². The third-order valence-electron chi connectivity index (χ3n) is 4.33. The Balaban J connectivity index is 1.87. The Morgan fingerprint density at radius 1 is 1.00 bits per heavy atom. The molecule has 0 aliphatic carbocycles. The largest absolute Gasteiger partial charge is 0.454 e. The van der Waals surface area contributed by atoms with Crippen LogP contribution in [0.25, 0.3) is 10.8 Å². The van der Waals surface area contributed by atoms with Crippen LogP contribution < -0.4 is 17.0 Å². The number of ketones is 1. The van der Waals surface area contributed by atoms with E-state index in [1.54, 1.807) is 24.3 Å². The number of hydrogen-bond donors (Lipinski definition) is 1. The summed E-state index contributed by atoms with van der Waals surface area (Å²) < 4.78 is 6.85. The Morgan fingerprint density at radius 2 is 1.67 bits per heavy atom. The Morgan fingerprint density at radius 3 is 2.41 bits per heavy atom. The van der Waals surface area contributed by atoms with Crippen LogP contribution in [0.4, 0.5) is 5.82 Å². The van der Waals surface area contributed by atoms with E-state index in [-0.39, 0.29) is 11.4 Å². The van der Waals surface area contributed by atoms with Crippen LogP contribution in [0.1, 0.15) is 20.7 Å². The second kappa shape index (κ2) is 6.91. The highest BCUT2D eigenvalue weighted by molar-refractivity contribution is 6.06. The van der Waals surface area contributed by atoms with Crippen molar-refractivity contribution in [3.8, 4) is 0 Å². The van der Waals surface area contributed by atoms with Crippen LogP contribution >= 0.6 is 0 Å². The molecule has 0 amide bonds. The number of aromatic nitrogens is 2. The molecule has 0 bridgehead atoms. The molecule has 0 aliphatic heterocycles. The maximum Gasteiger partial charge on any atom is 0.339 e. The minimum atomic E-state index is -0.832. The molecule has 2 N–H and O–H groups in total. The number of anilines is 1. The number of benzene rings is 2. The van der Waals surface area contributed by atoms with Crippen molar-refractivity contribution in [3.05, 3.63) is 74.4 Å². The number of nitrogen functional groups attached to an aromatic ring is 1. The standard InChI is InChI=1S/C19H17N3O5/c1-21-16(20)15(17(24)22(2)19(21)26)14(23)10-27-18(25)13-9-5-7-11-6-3-4-8-12(11)13/h3-9H,10,20H2,1-2H3. The Hall–Kier alpha value is -3.68. The van der Waals surface area contributed by atoms with Crippen LogP contribution in [-0.2, 0) is 18.8 Å². The molecule has 0 atom stereocenters. The van der Waals surface area contributed by atoms with E-state index in [1.807, 2.05) is 18.2 Å². The van der Waals surface area contributed by atoms with Gasteiger partial charge < -0.3 is 10.5 Å². The number of ether oxygens (including phenoxy) is 1. The lowest BCUT2D eigenvalue weighted by molar-refractivity contribution is 0.0476. The predicted molar refractivity (Wildman–Crippen MR) is 99.9 cm³/mol. The fourth-order valence-corrected chi connectivity index (χ4v) is 2.81. The highest BCUT2D eigenvalue weighted by Crippen LogP contribution is 2.19. The monoisotopic (exact) mass is 367 g/mol. The van der Waals surface area contributed by atoms with E-state index < -0.39 is 29.6 Å². The van der Waals surface area contributed by atoms with E-state index in [1.165, 1.54) is 14.1 Å². The molecule has 0 saturated heterocycles. The first kappa shape index (κ1) is 18.1. The van der Waals surface area contributed by atoms with Crippen LogP contribution in [0, 0.1) is 0 Å². The van der Waals surface area contributed by atoms with Crippen LogP contribution in [0.2, 0.25) is 0 Å². The third kappa shape index (κ3) is 3.12. The average molecular weight is 367 g/mol. The van der Waals surface area contributed by atoms with Crippen LogP contribution in [-0.4, -0.2) is 27.5 Å². The molecule has 0 spiro atoms. The highest BCUT2D eigenvalue weighted by Gasteiger charge is 2.22. The highest BCUT2D eigenvalue weighted by atomic mass is 16.5. The second-order valence-corrected chi connectivity index (χ2v) is 5.99. The molecule has 27 heavy (non-hydrogen) atoms. The number of rotatable bonds is 4. The van der Waals surface area contributed by atoms with Gasteiger partial charge in [0, 0.05) is 14.1 Å². The number of carbonyl (C=O) groups excluding carboxylic acids is 2. The molecule has 8 heteroatoms. The average Bonchev–Trinajstić information content (AvgIpc) is 2.68. The zero-order valence-electron chi connectivity index (χ0n) is 14.8. The van der Waals surface area contributed by atoms with Gasteiger partial charge in [-0.3, -0.25) is 18.7 Å². The zero-order chi connectivity index (χ0) is 19.7. The molecule has 138 valence electrons. The number of nitrogens with two attached hydrogens (primary N) is 1. The zero-order valence-corrected chi connectivity index (χ0v) is 14.8. The van der Waals surface area contributed by atoms with Gasteiger partial charge in [-0.1, -0.05) is 36.4 Å². The lowest BCUT2D eigenvalue weighted by Crippen LogP contribution is -2.42. The number of hydrogen-bond acceptors (Lipinski definition) is 6. The van der Waals surface area contributed by atoms with Crippen molar-refractivity contribution >= 4 is 28.3 Å². The number of Topliss-reactive ketones (excluding diaryl/α,β-unsaturated/α-hetero) is 1. The summed E-state index contributed by atoms with van der Waals surface area (Å²) in [6.07, 6.45) is 0. The molecule has 0 radical (unpaired) electrons. The lowest BCUT2D eigenvalue weighted by atomic mass is 10.0. The fraction of sp³-hybridized carbons (Fsp3) is 0.158. The summed E-state index contributed by atoms with van der Waals surface area (Å²) in [4.78, 5) is 48.8. The summed E-state index contributed by atoms with van der Waals surface area (Å²) in [5.74, 6) is -1.74. The summed E-state index contributed by atoms with van der Waals surface area (Å²) in [7, 11) is 2.58.